The van der Waals surface area contributed by atoms with Crippen LogP contribution in [-0.4, -0.2) is 22.6 Å². The summed E-state index contributed by atoms with van der Waals surface area (Å²) in [5.41, 5.74) is 1.45. The van der Waals surface area contributed by atoms with Crippen molar-refractivity contribution in [2.45, 2.75) is 51.0 Å². The van der Waals surface area contributed by atoms with Gasteiger partial charge in [-0.15, -0.1) is 0 Å². The lowest BCUT2D eigenvalue weighted by Gasteiger charge is -2.33. The third-order valence-corrected chi connectivity index (χ3v) is 4.67. The maximum absolute atomic E-state index is 4.38. The third kappa shape index (κ3) is 2.13. The first-order valence-corrected chi connectivity index (χ1v) is 7.08. The summed E-state index contributed by atoms with van der Waals surface area (Å²) in [5.74, 6) is 1.56. The molecule has 2 fully saturated rings. The third-order valence-electron chi connectivity index (χ3n) is 4.67. The fourth-order valence-electron chi connectivity index (χ4n) is 3.31. The molecule has 1 unspecified atom stereocenters. The second-order valence-corrected chi connectivity index (χ2v) is 5.72. The molecule has 0 radical (unpaired) electrons. The van der Waals surface area contributed by atoms with Crippen molar-refractivity contribution in [3.05, 3.63) is 18.2 Å². The molecule has 3 rings (SSSR count). The molecule has 0 amide bonds. The first kappa shape index (κ1) is 11.3. The van der Waals surface area contributed by atoms with Crippen LogP contribution < -0.4 is 5.32 Å². The summed E-state index contributed by atoms with van der Waals surface area (Å²) in [7, 11) is 0. The summed E-state index contributed by atoms with van der Waals surface area (Å²) >= 11 is 0. The Morgan fingerprint density at radius 2 is 2.06 bits per heavy atom. The predicted octanol–water partition coefficient (Wildman–Crippen LogP) is 2.71. The normalized spacial score (nSPS) is 24.5. The molecule has 1 aliphatic heterocycles. The highest BCUT2D eigenvalue weighted by Crippen LogP contribution is 2.34. The zero-order chi connectivity index (χ0) is 11.7. The molecule has 3 nitrogen and oxygen atoms in total. The van der Waals surface area contributed by atoms with Crippen LogP contribution >= 0.6 is 0 Å². The Hall–Kier alpha value is -0.830. The fraction of sp³-hybridized carbons (Fsp3) is 0.786. The van der Waals surface area contributed by atoms with Gasteiger partial charge >= 0.3 is 0 Å². The minimum absolute atomic E-state index is 0.633. The minimum atomic E-state index is 0.633. The van der Waals surface area contributed by atoms with E-state index in [0.717, 1.165) is 19.0 Å². The lowest BCUT2D eigenvalue weighted by atomic mass is 9.84. The van der Waals surface area contributed by atoms with Gasteiger partial charge in [-0.1, -0.05) is 19.3 Å². The summed E-state index contributed by atoms with van der Waals surface area (Å²) in [5, 5.41) is 3.35. The average Bonchev–Trinajstić information content (AvgIpc) is 2.76. The van der Waals surface area contributed by atoms with Gasteiger partial charge in [-0.2, -0.15) is 0 Å². The molecule has 1 aliphatic carbocycles. The smallest absolute Gasteiger partial charge is 0.0950 e. The largest absolute Gasteiger partial charge is 0.331 e. The van der Waals surface area contributed by atoms with E-state index in [1.165, 1.54) is 37.8 Å². The van der Waals surface area contributed by atoms with E-state index < -0.39 is 0 Å². The van der Waals surface area contributed by atoms with Crippen molar-refractivity contribution >= 4 is 0 Å². The minimum Gasteiger partial charge on any atom is -0.331 e. The quantitative estimate of drug-likeness (QED) is 0.870. The zero-order valence-corrected chi connectivity index (χ0v) is 10.7. The Morgan fingerprint density at radius 1 is 1.29 bits per heavy atom. The number of nitrogens with zero attached hydrogens (tertiary/aromatic N) is 2. The molecule has 1 N–H and O–H groups in total. The Kier molecular flexibility index (Phi) is 3.19. The van der Waals surface area contributed by atoms with E-state index in [-0.39, 0.29) is 0 Å². The molecule has 0 aromatic carbocycles. The van der Waals surface area contributed by atoms with Gasteiger partial charge in [0.05, 0.1) is 6.33 Å². The molecule has 1 aromatic rings. The highest BCUT2D eigenvalue weighted by molar-refractivity contribution is 5.12. The van der Waals surface area contributed by atoms with Crippen LogP contribution in [0, 0.1) is 5.92 Å². The van der Waals surface area contributed by atoms with Crippen LogP contribution in [0.1, 0.15) is 56.7 Å². The second-order valence-electron chi connectivity index (χ2n) is 5.72. The molecule has 3 heteroatoms. The molecular weight excluding hydrogens is 210 g/mol. The van der Waals surface area contributed by atoms with E-state index in [4.69, 9.17) is 0 Å². The molecular formula is C14H23N3. The van der Waals surface area contributed by atoms with Gasteiger partial charge in [0.2, 0.25) is 0 Å². The van der Waals surface area contributed by atoms with Crippen LogP contribution in [0.2, 0.25) is 0 Å². The van der Waals surface area contributed by atoms with Gasteiger partial charge in [0.1, 0.15) is 0 Å². The molecule has 0 spiro atoms. The van der Waals surface area contributed by atoms with Crippen molar-refractivity contribution < 1.29 is 0 Å². The molecule has 2 aliphatic rings. The van der Waals surface area contributed by atoms with Crippen molar-refractivity contribution in [1.82, 2.24) is 14.9 Å². The fourth-order valence-corrected chi connectivity index (χ4v) is 3.31. The zero-order valence-electron chi connectivity index (χ0n) is 10.7. The van der Waals surface area contributed by atoms with Crippen LogP contribution in [0.4, 0.5) is 0 Å². The van der Waals surface area contributed by atoms with Gasteiger partial charge in [0.25, 0.3) is 0 Å². The summed E-state index contributed by atoms with van der Waals surface area (Å²) in [6.07, 6.45) is 11.2. The van der Waals surface area contributed by atoms with Gasteiger partial charge < -0.3 is 9.88 Å². The summed E-state index contributed by atoms with van der Waals surface area (Å²) in [6, 6.07) is 0.633. The topological polar surface area (TPSA) is 29.9 Å². The van der Waals surface area contributed by atoms with Crippen molar-refractivity contribution in [3.8, 4) is 0 Å². The van der Waals surface area contributed by atoms with Gasteiger partial charge in [0.15, 0.2) is 0 Å². The molecule has 1 atom stereocenters. The number of aromatic nitrogens is 2. The first-order chi connectivity index (χ1) is 8.36. The number of hydrogen-bond donors (Lipinski definition) is 1. The number of imidazole rings is 1. The number of nitrogens with one attached hydrogen (secondary N) is 1. The Balaban J connectivity index is 1.75. The van der Waals surface area contributed by atoms with Crippen LogP contribution in [0.15, 0.2) is 12.5 Å². The standard InChI is InChI=1S/C14H23N3/c1-11(12-5-3-2-4-6-12)17-10-16-9-14(17)13-7-15-8-13/h9-13,15H,2-8H2,1H3. The van der Waals surface area contributed by atoms with E-state index in [1.54, 1.807) is 0 Å². The summed E-state index contributed by atoms with van der Waals surface area (Å²) in [4.78, 5) is 4.38. The van der Waals surface area contributed by atoms with Crippen LogP contribution in [0.5, 0.6) is 0 Å². The molecule has 0 bridgehead atoms. The predicted molar refractivity (Wildman–Crippen MR) is 69.1 cm³/mol. The van der Waals surface area contributed by atoms with E-state index >= 15 is 0 Å². The van der Waals surface area contributed by atoms with E-state index in [9.17, 15) is 0 Å². The van der Waals surface area contributed by atoms with Crippen LogP contribution in [0.3, 0.4) is 0 Å². The highest BCUT2D eigenvalue weighted by Gasteiger charge is 2.27. The lowest BCUT2D eigenvalue weighted by Crippen LogP contribution is -2.41. The second kappa shape index (κ2) is 4.81. The summed E-state index contributed by atoms with van der Waals surface area (Å²) in [6.45, 7) is 4.64. The molecule has 17 heavy (non-hydrogen) atoms. The SMILES string of the molecule is CC(C1CCCCC1)n1cncc1C1CNC1. The van der Waals surface area contributed by atoms with E-state index in [0.29, 0.717) is 12.0 Å². The number of rotatable bonds is 3. The van der Waals surface area contributed by atoms with E-state index in [1.807, 2.05) is 6.33 Å². The van der Waals surface area contributed by atoms with Crippen molar-refractivity contribution in [2.75, 3.05) is 13.1 Å². The first-order valence-electron chi connectivity index (χ1n) is 7.08. The van der Waals surface area contributed by atoms with Crippen LogP contribution in [-0.2, 0) is 0 Å². The molecule has 1 aromatic heterocycles. The highest BCUT2D eigenvalue weighted by atomic mass is 15.1. The van der Waals surface area contributed by atoms with Crippen molar-refractivity contribution in [3.63, 3.8) is 0 Å². The Bertz CT molecular complexity index is 361. The van der Waals surface area contributed by atoms with E-state index in [2.05, 4.69) is 28.0 Å². The maximum Gasteiger partial charge on any atom is 0.0950 e. The Morgan fingerprint density at radius 3 is 2.71 bits per heavy atom. The maximum atomic E-state index is 4.38. The van der Waals surface area contributed by atoms with Crippen molar-refractivity contribution in [2.24, 2.45) is 5.92 Å². The number of hydrogen-bond acceptors (Lipinski definition) is 2. The van der Waals surface area contributed by atoms with Gasteiger partial charge in [-0.3, -0.25) is 0 Å². The Labute approximate surface area is 104 Å². The molecule has 94 valence electrons. The van der Waals surface area contributed by atoms with Gasteiger partial charge in [-0.05, 0) is 25.7 Å². The molecule has 1 saturated heterocycles. The van der Waals surface area contributed by atoms with Gasteiger partial charge in [-0.25, -0.2) is 4.98 Å². The lowest BCUT2D eigenvalue weighted by molar-refractivity contribution is 0.255. The molecule has 1 saturated carbocycles. The monoisotopic (exact) mass is 233 g/mol. The molecule has 2 heterocycles. The van der Waals surface area contributed by atoms with Gasteiger partial charge in [0, 0.05) is 36.9 Å². The average molecular weight is 233 g/mol. The summed E-state index contributed by atoms with van der Waals surface area (Å²) < 4.78 is 2.45. The van der Waals surface area contributed by atoms with Crippen molar-refractivity contribution in [1.29, 1.82) is 0 Å². The van der Waals surface area contributed by atoms with Crippen LogP contribution in [0.25, 0.3) is 0 Å².